The van der Waals surface area contributed by atoms with E-state index in [4.69, 9.17) is 26.5 Å². The third-order valence-corrected chi connectivity index (χ3v) is 6.26. The molecule has 0 spiro atoms. The molecule has 1 aromatic heterocycles. The molecule has 0 saturated heterocycles. The molecule has 1 aliphatic heterocycles. The van der Waals surface area contributed by atoms with E-state index in [1.54, 1.807) is 11.6 Å². The van der Waals surface area contributed by atoms with Crippen LogP contribution in [0, 0.1) is 11.2 Å². The number of allylic oxidation sites excluding steroid dienone is 1. The normalized spacial score (nSPS) is 16.7. The highest BCUT2D eigenvalue weighted by Gasteiger charge is 2.37. The fourth-order valence-corrected chi connectivity index (χ4v) is 4.66. The summed E-state index contributed by atoms with van der Waals surface area (Å²) in [6, 6.07) is 2.67. The second-order valence-electron chi connectivity index (χ2n) is 7.81. The first-order chi connectivity index (χ1) is 17.2. The maximum atomic E-state index is 15.9. The van der Waals surface area contributed by atoms with Crippen LogP contribution in [-0.4, -0.2) is 56.7 Å². The summed E-state index contributed by atoms with van der Waals surface area (Å²) in [5.41, 5.74) is -1.29. The van der Waals surface area contributed by atoms with Crippen LogP contribution in [0.1, 0.15) is 23.0 Å². The van der Waals surface area contributed by atoms with E-state index in [1.807, 2.05) is 5.32 Å². The van der Waals surface area contributed by atoms with Gasteiger partial charge in [0.05, 0.1) is 13.2 Å². The van der Waals surface area contributed by atoms with Gasteiger partial charge >= 0.3 is 6.55 Å². The SMILES string of the molecule is COCC(F)(COC)CC1=C(/C(C=N)=C/NC(F)F)[C@H](c2ccc(F)cc2Cl)N=C(c2nccs2)N1. The Hall–Kier alpha value is -2.80. The molecule has 3 N–H and O–H groups in total. The number of benzene rings is 1. The lowest BCUT2D eigenvalue weighted by Crippen LogP contribution is -2.40. The highest BCUT2D eigenvalue weighted by atomic mass is 35.5. The Kier molecular flexibility index (Phi) is 9.60. The number of amidine groups is 1. The Morgan fingerprint density at radius 2 is 2.06 bits per heavy atom. The predicted octanol–water partition coefficient (Wildman–Crippen LogP) is 5.02. The molecule has 7 nitrogen and oxygen atoms in total. The Balaban J connectivity index is 2.27. The molecule has 0 aliphatic carbocycles. The van der Waals surface area contributed by atoms with Crippen molar-refractivity contribution in [2.45, 2.75) is 24.7 Å². The molecule has 0 unspecified atom stereocenters. The standard InChI is InChI=1S/C23H24ClF4N5O2S/c1-34-11-23(28,12-35-2)8-17-18(13(9-29)10-31-22(26)27)19(15-4-3-14(25)7-16(15)24)33-20(32-17)21-30-5-6-36-21/h3-7,9-10,19,22,29,31H,8,11-12H2,1-2H3,(H,32,33)/b13-10+,29-9?/t19-/m0/s1. The number of thiazole rings is 1. The first-order valence-electron chi connectivity index (χ1n) is 10.6. The lowest BCUT2D eigenvalue weighted by atomic mass is 9.87. The maximum absolute atomic E-state index is 15.9. The van der Waals surface area contributed by atoms with Crippen molar-refractivity contribution in [1.29, 1.82) is 5.41 Å². The molecule has 0 amide bonds. The fourth-order valence-electron chi connectivity index (χ4n) is 3.80. The zero-order valence-corrected chi connectivity index (χ0v) is 20.9. The van der Waals surface area contributed by atoms with E-state index in [0.29, 0.717) is 10.6 Å². The van der Waals surface area contributed by atoms with Gasteiger partial charge in [-0.05, 0) is 17.7 Å². The first kappa shape index (κ1) is 27.8. The summed E-state index contributed by atoms with van der Waals surface area (Å²) in [4.78, 5) is 8.93. The Bertz CT molecular complexity index is 1150. The van der Waals surface area contributed by atoms with Gasteiger partial charge in [-0.25, -0.2) is 13.8 Å². The van der Waals surface area contributed by atoms with Crippen molar-refractivity contribution in [2.24, 2.45) is 4.99 Å². The molecule has 3 rings (SSSR count). The minimum atomic E-state index is -2.91. The molecule has 2 heterocycles. The molecule has 13 heteroatoms. The van der Waals surface area contributed by atoms with Crippen molar-refractivity contribution in [1.82, 2.24) is 15.6 Å². The number of aromatic nitrogens is 1. The summed E-state index contributed by atoms with van der Waals surface area (Å²) in [6.07, 6.45) is 3.03. The number of rotatable bonds is 12. The molecule has 0 bridgehead atoms. The van der Waals surface area contributed by atoms with E-state index in [9.17, 15) is 13.2 Å². The molecule has 1 aromatic carbocycles. The lowest BCUT2D eigenvalue weighted by Gasteiger charge is -2.33. The first-order valence-corrected chi connectivity index (χ1v) is 11.8. The monoisotopic (exact) mass is 545 g/mol. The molecular weight excluding hydrogens is 522 g/mol. The Morgan fingerprint density at radius 3 is 2.61 bits per heavy atom. The van der Waals surface area contributed by atoms with Crippen molar-refractivity contribution in [3.05, 3.63) is 74.2 Å². The second-order valence-corrected chi connectivity index (χ2v) is 9.11. The minimum absolute atomic E-state index is 0.0117. The molecular formula is C23H24ClF4N5O2S. The highest BCUT2D eigenvalue weighted by Crippen LogP contribution is 2.41. The van der Waals surface area contributed by atoms with Crippen LogP contribution in [0.2, 0.25) is 5.02 Å². The average Bonchev–Trinajstić information content (AvgIpc) is 3.35. The Morgan fingerprint density at radius 1 is 1.33 bits per heavy atom. The second kappa shape index (κ2) is 12.4. The third kappa shape index (κ3) is 6.69. The van der Waals surface area contributed by atoms with Crippen molar-refractivity contribution in [3.8, 4) is 0 Å². The van der Waals surface area contributed by atoms with Gasteiger partial charge in [0.25, 0.3) is 0 Å². The van der Waals surface area contributed by atoms with Crippen LogP contribution in [0.15, 0.2) is 57.8 Å². The van der Waals surface area contributed by atoms with Crippen molar-refractivity contribution in [2.75, 3.05) is 27.4 Å². The highest BCUT2D eigenvalue weighted by molar-refractivity contribution is 7.11. The van der Waals surface area contributed by atoms with Crippen LogP contribution in [0.5, 0.6) is 0 Å². The van der Waals surface area contributed by atoms with Gasteiger partial charge in [-0.3, -0.25) is 4.99 Å². The largest absolute Gasteiger partial charge is 0.381 e. The summed E-state index contributed by atoms with van der Waals surface area (Å²) in [7, 11) is 2.68. The number of halogens is 5. The maximum Gasteiger partial charge on any atom is 0.312 e. The fraction of sp³-hybridized carbons (Fsp3) is 0.348. The van der Waals surface area contributed by atoms with Crippen LogP contribution >= 0.6 is 22.9 Å². The van der Waals surface area contributed by atoms with E-state index < -0.39 is 24.1 Å². The summed E-state index contributed by atoms with van der Waals surface area (Å²) in [6.45, 7) is -3.57. The van der Waals surface area contributed by atoms with E-state index in [2.05, 4.69) is 15.3 Å². The van der Waals surface area contributed by atoms with Gasteiger partial charge in [-0.1, -0.05) is 17.7 Å². The predicted molar refractivity (Wildman–Crippen MR) is 131 cm³/mol. The smallest absolute Gasteiger partial charge is 0.312 e. The zero-order valence-electron chi connectivity index (χ0n) is 19.3. The molecule has 1 aliphatic rings. The number of alkyl halides is 3. The van der Waals surface area contributed by atoms with E-state index in [1.165, 1.54) is 37.7 Å². The van der Waals surface area contributed by atoms with Crippen LogP contribution in [0.25, 0.3) is 0 Å². The molecule has 36 heavy (non-hydrogen) atoms. The van der Waals surface area contributed by atoms with Gasteiger partial charge in [0.15, 0.2) is 16.5 Å². The van der Waals surface area contributed by atoms with Gasteiger partial charge in [0, 0.05) is 66.5 Å². The number of hydrogen-bond donors (Lipinski definition) is 3. The molecule has 2 aromatic rings. The van der Waals surface area contributed by atoms with Crippen LogP contribution in [0.3, 0.4) is 0 Å². The molecule has 194 valence electrons. The number of nitrogens with zero attached hydrogens (tertiary/aromatic N) is 2. The summed E-state index contributed by atoms with van der Waals surface area (Å²) in [5, 5.41) is 15.1. The summed E-state index contributed by atoms with van der Waals surface area (Å²) < 4.78 is 65.9. The van der Waals surface area contributed by atoms with Crippen molar-refractivity contribution >= 4 is 35.0 Å². The molecule has 0 radical (unpaired) electrons. The van der Waals surface area contributed by atoms with Crippen LogP contribution in [-0.2, 0) is 9.47 Å². The minimum Gasteiger partial charge on any atom is -0.381 e. The summed E-state index contributed by atoms with van der Waals surface area (Å²) in [5.74, 6) is -0.310. The number of ether oxygens (including phenoxy) is 2. The van der Waals surface area contributed by atoms with Gasteiger partial charge < -0.3 is 25.5 Å². The van der Waals surface area contributed by atoms with Gasteiger partial charge in [-0.2, -0.15) is 8.78 Å². The number of methoxy groups -OCH3 is 2. The third-order valence-electron chi connectivity index (χ3n) is 5.15. The van der Waals surface area contributed by atoms with Gasteiger partial charge in [-0.15, -0.1) is 11.3 Å². The average molecular weight is 546 g/mol. The van der Waals surface area contributed by atoms with Gasteiger partial charge in [0.1, 0.15) is 11.9 Å². The van der Waals surface area contributed by atoms with Crippen LogP contribution < -0.4 is 10.6 Å². The number of nitrogens with one attached hydrogen (secondary N) is 3. The molecule has 0 fully saturated rings. The van der Waals surface area contributed by atoms with E-state index in [-0.39, 0.29) is 47.3 Å². The van der Waals surface area contributed by atoms with Crippen LogP contribution in [0.4, 0.5) is 17.6 Å². The quantitative estimate of drug-likeness (QED) is 0.198. The topological polar surface area (TPSA) is 91.6 Å². The van der Waals surface area contributed by atoms with Gasteiger partial charge in [0.2, 0.25) is 0 Å². The molecule has 1 atom stereocenters. The summed E-state index contributed by atoms with van der Waals surface area (Å²) >= 11 is 7.63. The van der Waals surface area contributed by atoms with E-state index in [0.717, 1.165) is 18.5 Å². The van der Waals surface area contributed by atoms with E-state index >= 15 is 4.39 Å². The number of hydrogen-bond acceptors (Lipinski definition) is 8. The van der Waals surface area contributed by atoms with Crippen molar-refractivity contribution in [3.63, 3.8) is 0 Å². The molecule has 0 saturated carbocycles. The zero-order chi connectivity index (χ0) is 26.3. The lowest BCUT2D eigenvalue weighted by molar-refractivity contribution is -0.0181. The number of aliphatic imine (C=N–C) groups is 1. The Labute approximate surface area is 214 Å². The van der Waals surface area contributed by atoms with Crippen molar-refractivity contribution < 1.29 is 27.0 Å².